The zero-order chi connectivity index (χ0) is 14.3. The molecule has 1 rings (SSSR count). The molecule has 0 radical (unpaired) electrons. The second-order valence-corrected chi connectivity index (χ2v) is 5.68. The molecule has 0 aliphatic heterocycles. The van der Waals surface area contributed by atoms with Crippen LogP contribution in [0.15, 0.2) is 16.6 Å². The predicted octanol–water partition coefficient (Wildman–Crippen LogP) is 4.67. The number of alkyl halides is 3. The lowest BCUT2D eigenvalue weighted by molar-refractivity contribution is -0.388. The molecular weight excluding hydrogens is 315 g/mol. The molecule has 0 atom stereocenters. The average Bonchev–Trinajstić information content (AvgIpc) is 2.13. The van der Waals surface area contributed by atoms with Crippen molar-refractivity contribution in [3.05, 3.63) is 37.8 Å². The first kappa shape index (κ1) is 14.9. The predicted molar refractivity (Wildman–Crippen MR) is 64.5 cm³/mol. The third-order valence-corrected chi connectivity index (χ3v) is 3.02. The summed E-state index contributed by atoms with van der Waals surface area (Å²) >= 11 is 3.04. The third-order valence-electron chi connectivity index (χ3n) is 2.36. The number of nitrogens with zero attached hydrogens (tertiary/aromatic N) is 1. The molecule has 0 aromatic heterocycles. The molecule has 0 spiro atoms. The first-order chi connectivity index (χ1) is 7.96. The largest absolute Gasteiger partial charge is 0.423 e. The van der Waals surface area contributed by atoms with Crippen molar-refractivity contribution in [2.75, 3.05) is 0 Å². The van der Waals surface area contributed by atoms with Gasteiger partial charge in [0.25, 0.3) is 5.69 Å². The van der Waals surface area contributed by atoms with E-state index in [0.717, 1.165) is 6.07 Å². The molecule has 18 heavy (non-hydrogen) atoms. The van der Waals surface area contributed by atoms with Crippen molar-refractivity contribution in [3.63, 3.8) is 0 Å². The van der Waals surface area contributed by atoms with E-state index in [1.165, 1.54) is 6.07 Å². The van der Waals surface area contributed by atoms with Crippen molar-refractivity contribution >= 4 is 21.6 Å². The van der Waals surface area contributed by atoms with Crippen LogP contribution in [0.5, 0.6) is 0 Å². The minimum absolute atomic E-state index is 0.107. The number of halogens is 4. The molecule has 0 heterocycles. The lowest BCUT2D eigenvalue weighted by atomic mass is 9.83. The SMILES string of the molecule is CC(C)(C)c1c(Br)ccc([N+](=O)[O-])c1C(F)(F)F. The van der Waals surface area contributed by atoms with Crippen molar-refractivity contribution in [1.82, 2.24) is 0 Å². The van der Waals surface area contributed by atoms with Gasteiger partial charge in [0.05, 0.1) is 4.92 Å². The van der Waals surface area contributed by atoms with Crippen molar-refractivity contribution in [2.24, 2.45) is 0 Å². The van der Waals surface area contributed by atoms with Crippen LogP contribution in [0.1, 0.15) is 31.9 Å². The Hall–Kier alpha value is -1.11. The molecule has 0 bridgehead atoms. The molecule has 0 saturated carbocycles. The van der Waals surface area contributed by atoms with Gasteiger partial charge in [-0.2, -0.15) is 13.2 Å². The van der Waals surface area contributed by atoms with Crippen molar-refractivity contribution in [1.29, 1.82) is 0 Å². The Bertz CT molecular complexity index is 492. The number of nitro benzene ring substituents is 1. The fourth-order valence-electron chi connectivity index (χ4n) is 1.74. The molecule has 0 aliphatic rings. The minimum Gasteiger partial charge on any atom is -0.258 e. The highest BCUT2D eigenvalue weighted by atomic mass is 79.9. The lowest BCUT2D eigenvalue weighted by Crippen LogP contribution is -2.21. The number of benzene rings is 1. The molecule has 7 heteroatoms. The highest BCUT2D eigenvalue weighted by Crippen LogP contribution is 2.45. The first-order valence-electron chi connectivity index (χ1n) is 5.01. The number of rotatable bonds is 1. The van der Waals surface area contributed by atoms with Crippen LogP contribution in [-0.4, -0.2) is 4.92 Å². The highest BCUT2D eigenvalue weighted by Gasteiger charge is 2.44. The fraction of sp³-hybridized carbons (Fsp3) is 0.455. The summed E-state index contributed by atoms with van der Waals surface area (Å²) in [7, 11) is 0. The van der Waals surface area contributed by atoms with Gasteiger partial charge < -0.3 is 0 Å². The van der Waals surface area contributed by atoms with Gasteiger partial charge in [0.2, 0.25) is 0 Å². The summed E-state index contributed by atoms with van der Waals surface area (Å²) in [5.41, 5.74) is -3.08. The summed E-state index contributed by atoms with van der Waals surface area (Å²) in [6, 6.07) is 2.14. The van der Waals surface area contributed by atoms with Crippen molar-refractivity contribution < 1.29 is 18.1 Å². The molecule has 0 unspecified atom stereocenters. The van der Waals surface area contributed by atoms with E-state index in [9.17, 15) is 23.3 Å². The van der Waals surface area contributed by atoms with Gasteiger partial charge in [-0.3, -0.25) is 10.1 Å². The first-order valence-corrected chi connectivity index (χ1v) is 5.80. The highest BCUT2D eigenvalue weighted by molar-refractivity contribution is 9.10. The fourth-order valence-corrected chi connectivity index (χ4v) is 2.66. The van der Waals surface area contributed by atoms with E-state index in [-0.39, 0.29) is 10.0 Å². The Labute approximate surface area is 110 Å². The van der Waals surface area contributed by atoms with Gasteiger partial charge in [-0.15, -0.1) is 0 Å². The second-order valence-electron chi connectivity index (χ2n) is 4.82. The zero-order valence-corrected chi connectivity index (χ0v) is 11.5. The maximum Gasteiger partial charge on any atom is 0.423 e. The number of hydrogen-bond acceptors (Lipinski definition) is 2. The standard InChI is InChI=1S/C11H11BrF3NO2/c1-10(2,3)8-6(12)4-5-7(16(17)18)9(8)11(13,14)15/h4-5H,1-3H3. The van der Waals surface area contributed by atoms with Crippen LogP contribution in [0.2, 0.25) is 0 Å². The van der Waals surface area contributed by atoms with Crippen LogP contribution >= 0.6 is 15.9 Å². The maximum absolute atomic E-state index is 13.1. The zero-order valence-electron chi connectivity index (χ0n) is 9.93. The van der Waals surface area contributed by atoms with Crippen LogP contribution in [0, 0.1) is 10.1 Å². The van der Waals surface area contributed by atoms with Gasteiger partial charge in [0.1, 0.15) is 5.56 Å². The Morgan fingerprint density at radius 3 is 2.00 bits per heavy atom. The Kier molecular flexibility index (Phi) is 3.76. The summed E-state index contributed by atoms with van der Waals surface area (Å²) in [6.45, 7) is 4.73. The second kappa shape index (κ2) is 4.53. The Balaban J connectivity index is 3.79. The molecule has 1 aromatic carbocycles. The van der Waals surface area contributed by atoms with Crippen LogP contribution in [-0.2, 0) is 11.6 Å². The number of nitro groups is 1. The lowest BCUT2D eigenvalue weighted by Gasteiger charge is -2.25. The van der Waals surface area contributed by atoms with E-state index in [1.54, 1.807) is 20.8 Å². The molecule has 1 aromatic rings. The number of hydrogen-bond donors (Lipinski definition) is 0. The van der Waals surface area contributed by atoms with E-state index in [4.69, 9.17) is 0 Å². The van der Waals surface area contributed by atoms with Gasteiger partial charge >= 0.3 is 6.18 Å². The van der Waals surface area contributed by atoms with Crippen LogP contribution in [0.25, 0.3) is 0 Å². The van der Waals surface area contributed by atoms with Crippen LogP contribution in [0.4, 0.5) is 18.9 Å². The van der Waals surface area contributed by atoms with Gasteiger partial charge in [-0.1, -0.05) is 36.7 Å². The summed E-state index contributed by atoms with van der Waals surface area (Å²) in [5, 5.41) is 10.7. The topological polar surface area (TPSA) is 43.1 Å². The average molecular weight is 326 g/mol. The molecular formula is C11H11BrF3NO2. The van der Waals surface area contributed by atoms with Gasteiger partial charge in [-0.05, 0) is 17.0 Å². The van der Waals surface area contributed by atoms with Crippen molar-refractivity contribution in [2.45, 2.75) is 32.4 Å². The third kappa shape index (κ3) is 2.82. The summed E-state index contributed by atoms with van der Waals surface area (Å²) in [5.74, 6) is 0. The summed E-state index contributed by atoms with van der Waals surface area (Å²) in [6.07, 6.45) is -4.77. The molecule has 0 aliphatic carbocycles. The van der Waals surface area contributed by atoms with Gasteiger partial charge in [-0.25, -0.2) is 0 Å². The van der Waals surface area contributed by atoms with Gasteiger partial charge in [0, 0.05) is 10.5 Å². The Morgan fingerprint density at radius 2 is 1.67 bits per heavy atom. The maximum atomic E-state index is 13.1. The van der Waals surface area contributed by atoms with Gasteiger partial charge in [0.15, 0.2) is 0 Å². The monoisotopic (exact) mass is 325 g/mol. The normalized spacial score (nSPS) is 12.6. The molecule has 0 N–H and O–H groups in total. The quantitative estimate of drug-likeness (QED) is 0.556. The molecule has 3 nitrogen and oxygen atoms in total. The summed E-state index contributed by atoms with van der Waals surface area (Å²) in [4.78, 5) is 9.74. The molecule has 0 amide bonds. The van der Waals surface area contributed by atoms with Crippen LogP contribution in [0.3, 0.4) is 0 Å². The van der Waals surface area contributed by atoms with Crippen LogP contribution < -0.4 is 0 Å². The Morgan fingerprint density at radius 1 is 1.17 bits per heavy atom. The molecule has 0 saturated heterocycles. The smallest absolute Gasteiger partial charge is 0.258 e. The van der Waals surface area contributed by atoms with E-state index in [2.05, 4.69) is 15.9 Å². The van der Waals surface area contributed by atoms with Crippen molar-refractivity contribution in [3.8, 4) is 0 Å². The summed E-state index contributed by atoms with van der Waals surface area (Å²) < 4.78 is 39.4. The van der Waals surface area contributed by atoms with E-state index in [1.807, 2.05) is 0 Å². The minimum atomic E-state index is -4.77. The van der Waals surface area contributed by atoms with E-state index >= 15 is 0 Å². The molecule has 0 fully saturated rings. The molecule has 100 valence electrons. The van der Waals surface area contributed by atoms with E-state index < -0.39 is 27.8 Å². The van der Waals surface area contributed by atoms with E-state index in [0.29, 0.717) is 0 Å².